The van der Waals surface area contributed by atoms with Gasteiger partial charge in [0.2, 0.25) is 0 Å². The van der Waals surface area contributed by atoms with Gasteiger partial charge >= 0.3 is 11.9 Å². The number of esters is 2. The number of methoxy groups -OCH3 is 3. The van der Waals surface area contributed by atoms with Crippen LogP contribution in [0.1, 0.15) is 60.0 Å². The van der Waals surface area contributed by atoms with Gasteiger partial charge in [-0.05, 0) is 61.6 Å². The number of allylic oxidation sites excluding steroid dienone is 2. The van der Waals surface area contributed by atoms with Crippen molar-refractivity contribution in [3.05, 3.63) is 70.4 Å². The van der Waals surface area contributed by atoms with E-state index in [2.05, 4.69) is 0 Å². The lowest BCUT2D eigenvalue weighted by molar-refractivity contribution is -0.148. The maximum atomic E-state index is 13.8. The highest BCUT2D eigenvalue weighted by atomic mass is 16.6. The number of aliphatic imine (C=N–C) groups is 1. The molecule has 0 radical (unpaired) electrons. The summed E-state index contributed by atoms with van der Waals surface area (Å²) in [7, 11) is 4.47. The molecule has 0 saturated carbocycles. The second kappa shape index (κ2) is 12.9. The van der Waals surface area contributed by atoms with Gasteiger partial charge in [0.1, 0.15) is 12.5 Å². The normalized spacial score (nSPS) is 20.4. The molecular formula is C31H35NO8. The number of hydrogen-bond acceptors (Lipinski definition) is 9. The number of Topliss-reactive ketones (excluding diaryl/α,β-unsaturated/α-hetero) is 1. The fraction of sp³-hybridized carbons (Fsp3) is 0.419. The van der Waals surface area contributed by atoms with E-state index in [9.17, 15) is 14.4 Å². The molecule has 1 heterocycles. The van der Waals surface area contributed by atoms with Crippen LogP contribution in [-0.4, -0.2) is 64.6 Å². The molecule has 40 heavy (non-hydrogen) atoms. The quantitative estimate of drug-likeness (QED) is 0.311. The molecule has 0 saturated heterocycles. The summed E-state index contributed by atoms with van der Waals surface area (Å²) < 4.78 is 26.5. The zero-order valence-electron chi connectivity index (χ0n) is 23.5. The van der Waals surface area contributed by atoms with Crippen LogP contribution in [0.5, 0.6) is 11.5 Å². The molecule has 2 aromatic rings. The second-order valence-electron chi connectivity index (χ2n) is 9.69. The number of nitrogens with zero attached hydrogens (tertiary/aromatic N) is 1. The summed E-state index contributed by atoms with van der Waals surface area (Å²) in [5.41, 5.74) is 3.79. The number of rotatable bonds is 10. The highest BCUT2D eigenvalue weighted by molar-refractivity contribution is 6.09. The Morgan fingerprint density at radius 3 is 2.27 bits per heavy atom. The molecule has 2 aliphatic rings. The minimum atomic E-state index is -0.786. The molecule has 1 unspecified atom stereocenters. The summed E-state index contributed by atoms with van der Waals surface area (Å²) in [4.78, 5) is 44.1. The van der Waals surface area contributed by atoms with Crippen molar-refractivity contribution in [3.8, 4) is 11.5 Å². The third kappa shape index (κ3) is 5.94. The zero-order valence-corrected chi connectivity index (χ0v) is 23.5. The Kier molecular flexibility index (Phi) is 9.37. The van der Waals surface area contributed by atoms with Crippen LogP contribution in [0.3, 0.4) is 0 Å². The second-order valence-corrected chi connectivity index (χ2v) is 9.69. The van der Waals surface area contributed by atoms with E-state index in [0.717, 1.165) is 11.1 Å². The van der Waals surface area contributed by atoms with E-state index in [4.69, 9.17) is 28.7 Å². The van der Waals surface area contributed by atoms with Crippen molar-refractivity contribution in [3.63, 3.8) is 0 Å². The van der Waals surface area contributed by atoms with E-state index < -0.39 is 23.8 Å². The minimum Gasteiger partial charge on any atom is -0.493 e. The average Bonchev–Trinajstić information content (AvgIpc) is 2.97. The number of hydrogen-bond donors (Lipinski definition) is 0. The predicted molar refractivity (Wildman–Crippen MR) is 148 cm³/mol. The van der Waals surface area contributed by atoms with Crippen molar-refractivity contribution in [2.75, 3.05) is 41.2 Å². The van der Waals surface area contributed by atoms with E-state index in [-0.39, 0.29) is 31.3 Å². The monoisotopic (exact) mass is 549 g/mol. The molecule has 0 fully saturated rings. The van der Waals surface area contributed by atoms with Crippen LogP contribution in [0.4, 0.5) is 0 Å². The van der Waals surface area contributed by atoms with Crippen molar-refractivity contribution in [1.82, 2.24) is 0 Å². The van der Waals surface area contributed by atoms with Gasteiger partial charge in [-0.15, -0.1) is 0 Å². The van der Waals surface area contributed by atoms with Crippen LogP contribution in [0.2, 0.25) is 0 Å². The number of carbonyl (C=O) groups excluding carboxylic acids is 3. The summed E-state index contributed by atoms with van der Waals surface area (Å²) >= 11 is 0. The van der Waals surface area contributed by atoms with Crippen LogP contribution < -0.4 is 9.47 Å². The molecule has 4 rings (SSSR count). The van der Waals surface area contributed by atoms with Crippen LogP contribution >= 0.6 is 0 Å². The maximum absolute atomic E-state index is 13.8. The standard InChI is InChI=1S/C31H35NO8/c1-6-39-13-14-40-31(35)27-18(2)32-23-15-22(21-11-12-25(36-3)26(17-21)37-4)16-24(33)29(23)28(27)19-7-9-20(10-8-19)30(34)38-5/h7-12,17,22,27-28H,6,13-16H2,1-5H3/t22-,27?,28+/m0/s1. The first-order chi connectivity index (χ1) is 19.3. The molecule has 9 nitrogen and oxygen atoms in total. The van der Waals surface area contributed by atoms with Crippen molar-refractivity contribution < 1.29 is 38.1 Å². The highest BCUT2D eigenvalue weighted by Crippen LogP contribution is 2.47. The van der Waals surface area contributed by atoms with E-state index in [1.807, 2.05) is 25.1 Å². The van der Waals surface area contributed by atoms with Gasteiger partial charge in [0.15, 0.2) is 17.3 Å². The molecule has 0 aromatic heterocycles. The first kappa shape index (κ1) is 29.0. The summed E-state index contributed by atoms with van der Waals surface area (Å²) in [5.74, 6) is -1.31. The number of ketones is 1. The Morgan fingerprint density at radius 2 is 1.62 bits per heavy atom. The van der Waals surface area contributed by atoms with Crippen LogP contribution in [-0.2, 0) is 23.8 Å². The van der Waals surface area contributed by atoms with Crippen LogP contribution in [0.15, 0.2) is 58.7 Å². The first-order valence-corrected chi connectivity index (χ1v) is 13.3. The molecule has 9 heteroatoms. The molecule has 0 spiro atoms. The van der Waals surface area contributed by atoms with Crippen molar-refractivity contribution in [1.29, 1.82) is 0 Å². The summed E-state index contributed by atoms with van der Waals surface area (Å²) in [6.45, 7) is 4.56. The Bertz CT molecular complexity index is 1330. The smallest absolute Gasteiger partial charge is 0.337 e. The van der Waals surface area contributed by atoms with E-state index in [1.54, 1.807) is 45.4 Å². The number of benzene rings is 2. The van der Waals surface area contributed by atoms with Gasteiger partial charge in [0, 0.05) is 35.9 Å². The van der Waals surface area contributed by atoms with Gasteiger partial charge in [-0.2, -0.15) is 0 Å². The predicted octanol–water partition coefficient (Wildman–Crippen LogP) is 4.65. The highest BCUT2D eigenvalue weighted by Gasteiger charge is 2.45. The molecule has 212 valence electrons. The minimum absolute atomic E-state index is 0.0774. The van der Waals surface area contributed by atoms with E-state index in [0.29, 0.717) is 47.1 Å². The Morgan fingerprint density at radius 1 is 0.925 bits per heavy atom. The van der Waals surface area contributed by atoms with Gasteiger partial charge in [-0.1, -0.05) is 18.2 Å². The molecule has 0 amide bonds. The summed E-state index contributed by atoms with van der Waals surface area (Å²) in [5, 5.41) is 0. The lowest BCUT2D eigenvalue weighted by Crippen LogP contribution is -2.38. The third-order valence-corrected chi connectivity index (χ3v) is 7.39. The van der Waals surface area contributed by atoms with E-state index >= 15 is 0 Å². The Hall–Kier alpha value is -3.98. The lowest BCUT2D eigenvalue weighted by atomic mass is 9.69. The fourth-order valence-corrected chi connectivity index (χ4v) is 5.45. The molecule has 1 aliphatic heterocycles. The molecule has 3 atom stereocenters. The number of carbonyl (C=O) groups is 3. The average molecular weight is 550 g/mol. The summed E-state index contributed by atoms with van der Waals surface area (Å²) in [6.07, 6.45) is 0.780. The third-order valence-electron chi connectivity index (χ3n) is 7.39. The molecule has 1 aliphatic carbocycles. The fourth-order valence-electron chi connectivity index (χ4n) is 5.45. The van der Waals surface area contributed by atoms with Crippen molar-refractivity contribution in [2.24, 2.45) is 10.9 Å². The molecule has 2 aromatic carbocycles. The van der Waals surface area contributed by atoms with Crippen molar-refractivity contribution >= 4 is 23.4 Å². The van der Waals surface area contributed by atoms with Gasteiger partial charge in [-0.3, -0.25) is 14.6 Å². The largest absolute Gasteiger partial charge is 0.493 e. The Labute approximate surface area is 234 Å². The van der Waals surface area contributed by atoms with Crippen molar-refractivity contribution in [2.45, 2.75) is 38.5 Å². The van der Waals surface area contributed by atoms with Gasteiger partial charge < -0.3 is 23.7 Å². The molecule has 0 bridgehead atoms. The number of ether oxygens (including phenoxy) is 5. The molecular weight excluding hydrogens is 514 g/mol. The van der Waals surface area contributed by atoms with Gasteiger partial charge in [0.25, 0.3) is 0 Å². The maximum Gasteiger partial charge on any atom is 0.337 e. The van der Waals surface area contributed by atoms with Crippen LogP contribution in [0.25, 0.3) is 0 Å². The topological polar surface area (TPSA) is 110 Å². The SMILES string of the molecule is CCOCCOC(=O)C1C(C)=NC2=C(C(=O)C[C@@H](c3ccc(OC)c(OC)c3)C2)[C@@H]1c1ccc(C(=O)OC)cc1. The first-order valence-electron chi connectivity index (χ1n) is 13.3. The van der Waals surface area contributed by atoms with E-state index in [1.165, 1.54) is 7.11 Å². The Balaban J connectivity index is 1.72. The lowest BCUT2D eigenvalue weighted by Gasteiger charge is -2.36. The van der Waals surface area contributed by atoms with Gasteiger partial charge in [-0.25, -0.2) is 4.79 Å². The summed E-state index contributed by atoms with van der Waals surface area (Å²) in [6, 6.07) is 12.5. The van der Waals surface area contributed by atoms with Gasteiger partial charge in [0.05, 0.1) is 33.5 Å². The zero-order chi connectivity index (χ0) is 28.8. The molecule has 0 N–H and O–H groups in total. The van der Waals surface area contributed by atoms with Crippen LogP contribution in [0, 0.1) is 5.92 Å².